The molecule has 1 aliphatic heterocycles. The number of benzene rings is 3. The molecule has 0 aliphatic carbocycles. The molecule has 3 aromatic carbocycles. The summed E-state index contributed by atoms with van der Waals surface area (Å²) in [4.78, 5) is 0. The molecule has 7 heteroatoms. The van der Waals surface area contributed by atoms with Crippen molar-refractivity contribution in [1.29, 1.82) is 0 Å². The monoisotopic (exact) mass is 444 g/mol. The van der Waals surface area contributed by atoms with Crippen LogP contribution in [0.4, 0.5) is 10.1 Å². The second kappa shape index (κ2) is 8.54. The molecule has 0 bridgehead atoms. The summed E-state index contributed by atoms with van der Waals surface area (Å²) in [5.41, 5.74) is 3.27. The number of hydrazone groups is 1. The summed E-state index contributed by atoms with van der Waals surface area (Å²) < 4.78 is 24.4. The maximum absolute atomic E-state index is 13.4. The SMILES string of the molecule is COc1ccc([C@@H]2CC(c3ccc(F)cc3)=NN2c2cc(Cl)ccc2Cl)c(OC)c1. The van der Waals surface area contributed by atoms with Crippen LogP contribution in [0, 0.1) is 5.82 Å². The van der Waals surface area contributed by atoms with Crippen LogP contribution in [0.2, 0.25) is 10.0 Å². The number of nitrogens with zero attached hydrogens (tertiary/aromatic N) is 2. The molecule has 30 heavy (non-hydrogen) atoms. The van der Waals surface area contributed by atoms with E-state index in [9.17, 15) is 4.39 Å². The molecule has 0 unspecified atom stereocenters. The average Bonchev–Trinajstić information content (AvgIpc) is 3.20. The molecule has 0 spiro atoms. The van der Waals surface area contributed by atoms with Crippen molar-refractivity contribution >= 4 is 34.6 Å². The van der Waals surface area contributed by atoms with Crippen LogP contribution in [0.15, 0.2) is 65.8 Å². The van der Waals surface area contributed by atoms with Crippen LogP contribution in [0.5, 0.6) is 11.5 Å². The molecule has 1 atom stereocenters. The molecule has 0 aromatic heterocycles. The third kappa shape index (κ3) is 3.95. The molecule has 1 aliphatic rings. The molecule has 0 N–H and O–H groups in total. The Labute approximate surface area is 184 Å². The normalized spacial score (nSPS) is 15.8. The van der Waals surface area contributed by atoms with Crippen LogP contribution in [0.1, 0.15) is 23.6 Å². The zero-order valence-electron chi connectivity index (χ0n) is 16.4. The quantitative estimate of drug-likeness (QED) is 0.449. The van der Waals surface area contributed by atoms with Gasteiger partial charge in [0.1, 0.15) is 17.3 Å². The van der Waals surface area contributed by atoms with Crippen molar-refractivity contribution in [1.82, 2.24) is 0 Å². The molecule has 0 saturated heterocycles. The van der Waals surface area contributed by atoms with Gasteiger partial charge in [0, 0.05) is 23.1 Å². The van der Waals surface area contributed by atoms with E-state index in [0.29, 0.717) is 33.7 Å². The van der Waals surface area contributed by atoms with Crippen LogP contribution in [-0.4, -0.2) is 19.9 Å². The Kier molecular flexibility index (Phi) is 5.84. The molecule has 0 amide bonds. The Morgan fingerprint density at radius 3 is 2.43 bits per heavy atom. The number of hydrogen-bond donors (Lipinski definition) is 0. The van der Waals surface area contributed by atoms with Crippen molar-refractivity contribution in [2.24, 2.45) is 5.10 Å². The summed E-state index contributed by atoms with van der Waals surface area (Å²) in [5.74, 6) is 1.08. The molecule has 1 heterocycles. The molecule has 0 radical (unpaired) electrons. The van der Waals surface area contributed by atoms with Gasteiger partial charge in [-0.1, -0.05) is 35.3 Å². The molecular formula is C23H19Cl2FN2O2. The fourth-order valence-electron chi connectivity index (χ4n) is 3.55. The highest BCUT2D eigenvalue weighted by atomic mass is 35.5. The van der Waals surface area contributed by atoms with E-state index in [4.69, 9.17) is 37.8 Å². The smallest absolute Gasteiger partial charge is 0.127 e. The Morgan fingerprint density at radius 1 is 0.967 bits per heavy atom. The Morgan fingerprint density at radius 2 is 1.73 bits per heavy atom. The third-order valence-corrected chi connectivity index (χ3v) is 5.60. The zero-order valence-corrected chi connectivity index (χ0v) is 17.9. The van der Waals surface area contributed by atoms with E-state index >= 15 is 0 Å². The molecular weight excluding hydrogens is 426 g/mol. The van der Waals surface area contributed by atoms with Crippen LogP contribution in [0.3, 0.4) is 0 Å². The summed E-state index contributed by atoms with van der Waals surface area (Å²) >= 11 is 12.7. The summed E-state index contributed by atoms with van der Waals surface area (Å²) in [6.07, 6.45) is 0.581. The van der Waals surface area contributed by atoms with Gasteiger partial charge in [-0.15, -0.1) is 0 Å². The number of hydrogen-bond acceptors (Lipinski definition) is 4. The second-order valence-corrected chi connectivity index (χ2v) is 7.67. The van der Waals surface area contributed by atoms with Gasteiger partial charge in [0.25, 0.3) is 0 Å². The van der Waals surface area contributed by atoms with Gasteiger partial charge in [-0.25, -0.2) is 4.39 Å². The average molecular weight is 445 g/mol. The molecule has 0 saturated carbocycles. The van der Waals surface area contributed by atoms with Gasteiger partial charge in [-0.2, -0.15) is 5.10 Å². The Bertz CT molecular complexity index is 1100. The highest BCUT2D eigenvalue weighted by molar-refractivity contribution is 6.35. The van der Waals surface area contributed by atoms with Gasteiger partial charge in [-0.05, 0) is 48.0 Å². The minimum atomic E-state index is -0.291. The van der Waals surface area contributed by atoms with Crippen molar-refractivity contribution < 1.29 is 13.9 Å². The van der Waals surface area contributed by atoms with Gasteiger partial charge in [-0.3, -0.25) is 5.01 Å². The van der Waals surface area contributed by atoms with Gasteiger partial charge < -0.3 is 9.47 Å². The summed E-state index contributed by atoms with van der Waals surface area (Å²) in [6, 6.07) is 17.0. The number of anilines is 1. The van der Waals surface area contributed by atoms with Crippen molar-refractivity contribution in [2.45, 2.75) is 12.5 Å². The maximum atomic E-state index is 13.4. The standard InChI is InChI=1S/C23H19Cl2FN2O2/c1-29-17-8-9-18(23(12-17)30-2)21-13-20(14-3-6-16(26)7-4-14)27-28(21)22-11-15(24)5-10-19(22)25/h3-12,21H,13H2,1-2H3/t21-/m0/s1. The van der Waals surface area contributed by atoms with Crippen LogP contribution >= 0.6 is 23.2 Å². The number of rotatable bonds is 5. The first-order valence-corrected chi connectivity index (χ1v) is 10.1. The van der Waals surface area contributed by atoms with Gasteiger partial charge in [0.05, 0.1) is 36.7 Å². The summed E-state index contributed by atoms with van der Waals surface area (Å²) in [7, 11) is 3.23. The summed E-state index contributed by atoms with van der Waals surface area (Å²) in [6.45, 7) is 0. The van der Waals surface area contributed by atoms with Crippen LogP contribution < -0.4 is 14.5 Å². The lowest BCUT2D eigenvalue weighted by Crippen LogP contribution is -2.19. The zero-order chi connectivity index (χ0) is 21.3. The van der Waals surface area contributed by atoms with E-state index in [1.54, 1.807) is 44.6 Å². The lowest BCUT2D eigenvalue weighted by atomic mass is 9.97. The number of halogens is 3. The molecule has 0 fully saturated rings. The first-order valence-electron chi connectivity index (χ1n) is 9.30. The first-order chi connectivity index (χ1) is 14.5. The fraction of sp³-hybridized carbons (Fsp3) is 0.174. The predicted octanol–water partition coefficient (Wildman–Crippen LogP) is 6.51. The third-order valence-electron chi connectivity index (χ3n) is 5.04. The fourth-order valence-corrected chi connectivity index (χ4v) is 3.92. The topological polar surface area (TPSA) is 34.1 Å². The van der Waals surface area contributed by atoms with E-state index in [-0.39, 0.29) is 11.9 Å². The van der Waals surface area contributed by atoms with Gasteiger partial charge >= 0.3 is 0 Å². The second-order valence-electron chi connectivity index (χ2n) is 6.82. The van der Waals surface area contributed by atoms with Gasteiger partial charge in [0.15, 0.2) is 0 Å². The minimum Gasteiger partial charge on any atom is -0.497 e. The van der Waals surface area contributed by atoms with Crippen molar-refractivity contribution in [3.05, 3.63) is 87.7 Å². The van der Waals surface area contributed by atoms with E-state index in [1.807, 2.05) is 23.2 Å². The first kappa shape index (κ1) is 20.5. The maximum Gasteiger partial charge on any atom is 0.127 e. The lowest BCUT2D eigenvalue weighted by Gasteiger charge is -2.26. The highest BCUT2D eigenvalue weighted by Gasteiger charge is 2.33. The number of ether oxygens (including phenoxy) is 2. The Hall–Kier alpha value is -2.76. The van der Waals surface area contributed by atoms with Crippen molar-refractivity contribution in [3.8, 4) is 11.5 Å². The van der Waals surface area contributed by atoms with E-state index in [0.717, 1.165) is 16.8 Å². The largest absolute Gasteiger partial charge is 0.497 e. The minimum absolute atomic E-state index is 0.193. The highest BCUT2D eigenvalue weighted by Crippen LogP contribution is 2.44. The molecule has 4 rings (SSSR count). The van der Waals surface area contributed by atoms with Gasteiger partial charge in [0.2, 0.25) is 0 Å². The lowest BCUT2D eigenvalue weighted by molar-refractivity contribution is 0.388. The van der Waals surface area contributed by atoms with E-state index in [2.05, 4.69) is 0 Å². The van der Waals surface area contributed by atoms with Crippen LogP contribution in [0.25, 0.3) is 0 Å². The van der Waals surface area contributed by atoms with Crippen molar-refractivity contribution in [3.63, 3.8) is 0 Å². The summed E-state index contributed by atoms with van der Waals surface area (Å²) in [5, 5.41) is 7.76. The van der Waals surface area contributed by atoms with E-state index in [1.165, 1.54) is 12.1 Å². The van der Waals surface area contributed by atoms with Crippen molar-refractivity contribution in [2.75, 3.05) is 19.2 Å². The van der Waals surface area contributed by atoms with Crippen LogP contribution in [-0.2, 0) is 0 Å². The number of methoxy groups -OCH3 is 2. The molecule has 154 valence electrons. The predicted molar refractivity (Wildman–Crippen MR) is 119 cm³/mol. The van der Waals surface area contributed by atoms with E-state index < -0.39 is 0 Å². The molecule has 3 aromatic rings. The molecule has 4 nitrogen and oxygen atoms in total. The Balaban J connectivity index is 1.82.